The highest BCUT2D eigenvalue weighted by atomic mass is 35.5. The van der Waals surface area contributed by atoms with Crippen molar-refractivity contribution in [1.29, 1.82) is 0 Å². The molecule has 0 saturated heterocycles. The summed E-state index contributed by atoms with van der Waals surface area (Å²) in [4.78, 5) is 3.75. The molecule has 7 heteroatoms. The van der Waals surface area contributed by atoms with E-state index in [1.165, 1.54) is 12.4 Å². The summed E-state index contributed by atoms with van der Waals surface area (Å²) in [5, 5.41) is 0.581. The molecule has 1 rings (SSSR count). The number of halogens is 2. The second-order valence-corrected chi connectivity index (χ2v) is 5.48. The number of hydrogen-bond donors (Lipinski definition) is 1. The molecule has 0 amide bonds. The molecule has 0 radical (unpaired) electrons. The zero-order chi connectivity index (χ0) is 11.6. The fourth-order valence-electron chi connectivity index (χ4n) is 1.29. The lowest BCUT2D eigenvalue weighted by molar-refractivity contribution is 0.479. The van der Waals surface area contributed by atoms with E-state index >= 15 is 0 Å². The van der Waals surface area contributed by atoms with Crippen LogP contribution < -0.4 is 0 Å². The Morgan fingerprint density at radius 3 is 2.27 bits per heavy atom. The van der Waals surface area contributed by atoms with Gasteiger partial charge in [-0.25, -0.2) is 0 Å². The fraction of sp³-hybridized carbons (Fsp3) is 0.375. The molecule has 0 spiro atoms. The van der Waals surface area contributed by atoms with Crippen molar-refractivity contribution in [2.75, 3.05) is 5.75 Å². The summed E-state index contributed by atoms with van der Waals surface area (Å²) >= 11 is 11.7. The van der Waals surface area contributed by atoms with Gasteiger partial charge in [-0.15, -0.1) is 0 Å². The molecule has 15 heavy (non-hydrogen) atoms. The molecule has 1 unspecified atom stereocenters. The lowest BCUT2D eigenvalue weighted by atomic mass is 10.1. The van der Waals surface area contributed by atoms with Gasteiger partial charge in [-0.2, -0.15) is 8.42 Å². The highest BCUT2D eigenvalue weighted by Crippen LogP contribution is 2.30. The Morgan fingerprint density at radius 1 is 1.40 bits per heavy atom. The molecule has 0 aromatic carbocycles. The molecule has 4 nitrogen and oxygen atoms in total. The van der Waals surface area contributed by atoms with Crippen LogP contribution in [-0.2, 0) is 10.1 Å². The molecular weight excluding hydrogens is 261 g/mol. The Hall–Kier alpha value is -0.360. The van der Waals surface area contributed by atoms with Crippen molar-refractivity contribution in [2.45, 2.75) is 12.8 Å². The van der Waals surface area contributed by atoms with E-state index in [9.17, 15) is 8.42 Å². The van der Waals surface area contributed by atoms with Gasteiger partial charge in [0.1, 0.15) is 0 Å². The molecule has 0 aliphatic rings. The normalized spacial score (nSPS) is 13.9. The smallest absolute Gasteiger partial charge is 0.265 e. The summed E-state index contributed by atoms with van der Waals surface area (Å²) < 4.78 is 30.1. The summed E-state index contributed by atoms with van der Waals surface area (Å²) in [6, 6.07) is 0. The van der Waals surface area contributed by atoms with Crippen molar-refractivity contribution in [3.8, 4) is 0 Å². The van der Waals surface area contributed by atoms with Gasteiger partial charge in [0, 0.05) is 18.3 Å². The maximum atomic E-state index is 10.7. The zero-order valence-electron chi connectivity index (χ0n) is 7.81. The number of hydrogen-bond acceptors (Lipinski definition) is 3. The lowest BCUT2D eigenvalue weighted by Gasteiger charge is -2.12. The van der Waals surface area contributed by atoms with Crippen molar-refractivity contribution in [3.05, 3.63) is 28.0 Å². The highest BCUT2D eigenvalue weighted by molar-refractivity contribution is 7.85. The Bertz CT molecular complexity index is 441. The van der Waals surface area contributed by atoms with Crippen LogP contribution in [0.15, 0.2) is 12.4 Å². The molecular formula is C8H9Cl2NO3S. The van der Waals surface area contributed by atoms with Gasteiger partial charge in [-0.05, 0) is 5.56 Å². The molecule has 1 N–H and O–H groups in total. The first kappa shape index (κ1) is 12.7. The predicted octanol–water partition coefficient (Wildman–Crippen LogP) is 2.38. The molecule has 0 saturated carbocycles. The Balaban J connectivity index is 3.06. The van der Waals surface area contributed by atoms with E-state index in [4.69, 9.17) is 27.8 Å². The van der Waals surface area contributed by atoms with E-state index in [2.05, 4.69) is 4.98 Å². The van der Waals surface area contributed by atoms with Crippen LogP contribution in [-0.4, -0.2) is 23.7 Å². The van der Waals surface area contributed by atoms with Gasteiger partial charge in [-0.3, -0.25) is 9.54 Å². The van der Waals surface area contributed by atoms with Crippen LogP contribution in [0.4, 0.5) is 0 Å². The summed E-state index contributed by atoms with van der Waals surface area (Å²) in [5.74, 6) is -0.904. The second-order valence-electron chi connectivity index (χ2n) is 3.17. The maximum Gasteiger partial charge on any atom is 0.265 e. The first-order chi connectivity index (χ1) is 6.81. The van der Waals surface area contributed by atoms with Crippen LogP contribution in [0.3, 0.4) is 0 Å². The SMILES string of the molecule is CC(CS(=O)(=O)O)c1c(Cl)cncc1Cl. The molecule has 1 aromatic rings. The third kappa shape index (κ3) is 3.61. The zero-order valence-corrected chi connectivity index (χ0v) is 10.1. The summed E-state index contributed by atoms with van der Waals surface area (Å²) in [6.45, 7) is 1.61. The Kier molecular flexibility index (Phi) is 3.94. The van der Waals surface area contributed by atoms with E-state index in [1.54, 1.807) is 6.92 Å². The maximum absolute atomic E-state index is 10.7. The van der Waals surface area contributed by atoms with Gasteiger partial charge in [-0.1, -0.05) is 30.1 Å². The number of nitrogens with zero attached hydrogens (tertiary/aromatic N) is 1. The highest BCUT2D eigenvalue weighted by Gasteiger charge is 2.19. The van der Waals surface area contributed by atoms with Crippen LogP contribution in [0, 0.1) is 0 Å². The quantitative estimate of drug-likeness (QED) is 0.856. The van der Waals surface area contributed by atoms with Crippen LogP contribution in [0.25, 0.3) is 0 Å². The van der Waals surface area contributed by atoms with Crippen LogP contribution >= 0.6 is 23.2 Å². The summed E-state index contributed by atoms with van der Waals surface area (Å²) in [7, 11) is -4.04. The minimum absolute atomic E-state index is 0.290. The van der Waals surface area contributed by atoms with Gasteiger partial charge >= 0.3 is 0 Å². The summed E-state index contributed by atoms with van der Waals surface area (Å²) in [5.41, 5.74) is 0.478. The van der Waals surface area contributed by atoms with Gasteiger partial charge in [0.05, 0.1) is 15.8 Å². The third-order valence-electron chi connectivity index (χ3n) is 1.84. The van der Waals surface area contributed by atoms with Crippen LogP contribution in [0.5, 0.6) is 0 Å². The first-order valence-electron chi connectivity index (χ1n) is 4.05. The van der Waals surface area contributed by atoms with Gasteiger partial charge < -0.3 is 0 Å². The number of aromatic nitrogens is 1. The predicted molar refractivity (Wildman–Crippen MR) is 59.1 cm³/mol. The van der Waals surface area contributed by atoms with Crippen molar-refractivity contribution >= 4 is 33.3 Å². The molecule has 84 valence electrons. The topological polar surface area (TPSA) is 67.3 Å². The van der Waals surface area contributed by atoms with Crippen molar-refractivity contribution in [3.63, 3.8) is 0 Å². The average molecular weight is 270 g/mol. The molecule has 0 aliphatic carbocycles. The molecule has 0 aliphatic heterocycles. The standard InChI is InChI=1S/C8H9Cl2NO3S/c1-5(4-15(12,13)14)8-6(9)2-11-3-7(8)10/h2-3,5H,4H2,1H3,(H,12,13,14). The Morgan fingerprint density at radius 2 is 1.87 bits per heavy atom. The van der Waals surface area contributed by atoms with Crippen LogP contribution in [0.2, 0.25) is 10.0 Å². The van der Waals surface area contributed by atoms with Crippen molar-refractivity contribution < 1.29 is 13.0 Å². The van der Waals surface area contributed by atoms with Gasteiger partial charge in [0.2, 0.25) is 0 Å². The number of rotatable bonds is 3. The first-order valence-corrected chi connectivity index (χ1v) is 6.42. The molecule has 1 heterocycles. The average Bonchev–Trinajstić information content (AvgIpc) is 1.99. The van der Waals surface area contributed by atoms with E-state index in [-0.39, 0.29) is 0 Å². The van der Waals surface area contributed by atoms with E-state index in [0.717, 1.165) is 0 Å². The molecule has 1 aromatic heterocycles. The minimum Gasteiger partial charge on any atom is -0.286 e. The number of pyridine rings is 1. The van der Waals surface area contributed by atoms with E-state index < -0.39 is 21.8 Å². The fourth-order valence-corrected chi connectivity index (χ4v) is 2.83. The van der Waals surface area contributed by atoms with Crippen molar-refractivity contribution in [2.24, 2.45) is 0 Å². The van der Waals surface area contributed by atoms with E-state index in [1.807, 2.05) is 0 Å². The minimum atomic E-state index is -4.04. The monoisotopic (exact) mass is 269 g/mol. The lowest BCUT2D eigenvalue weighted by Crippen LogP contribution is -2.12. The van der Waals surface area contributed by atoms with Gasteiger partial charge in [0.25, 0.3) is 10.1 Å². The molecule has 0 bridgehead atoms. The summed E-state index contributed by atoms with van der Waals surface area (Å²) in [6.07, 6.45) is 2.76. The third-order valence-corrected chi connectivity index (χ3v) is 3.37. The second kappa shape index (κ2) is 4.65. The van der Waals surface area contributed by atoms with Gasteiger partial charge in [0.15, 0.2) is 0 Å². The molecule has 0 fully saturated rings. The molecule has 1 atom stereocenters. The van der Waals surface area contributed by atoms with Crippen LogP contribution in [0.1, 0.15) is 18.4 Å². The largest absolute Gasteiger partial charge is 0.286 e. The van der Waals surface area contributed by atoms with E-state index in [0.29, 0.717) is 15.6 Å². The van der Waals surface area contributed by atoms with Crippen molar-refractivity contribution in [1.82, 2.24) is 4.98 Å². The Labute approximate surface area is 98.0 Å².